The van der Waals surface area contributed by atoms with Gasteiger partial charge in [0.05, 0.1) is 24.3 Å². The number of rotatable bonds is 7. The molecule has 0 spiro atoms. The van der Waals surface area contributed by atoms with Crippen LogP contribution in [0.2, 0.25) is 0 Å². The van der Waals surface area contributed by atoms with E-state index in [0.717, 1.165) is 18.4 Å². The first-order chi connectivity index (χ1) is 17.7. The quantitative estimate of drug-likeness (QED) is 0.465. The third-order valence-corrected chi connectivity index (χ3v) is 6.74. The summed E-state index contributed by atoms with van der Waals surface area (Å²) in [6.07, 6.45) is 2.55. The third-order valence-electron chi connectivity index (χ3n) is 6.74. The Labute approximate surface area is 212 Å². The second-order valence-corrected chi connectivity index (χ2v) is 9.55. The predicted octanol–water partition coefficient (Wildman–Crippen LogP) is 5.32. The van der Waals surface area contributed by atoms with Gasteiger partial charge in [0.25, 0.3) is 5.91 Å². The summed E-state index contributed by atoms with van der Waals surface area (Å²) in [7, 11) is 0. The maximum Gasteiger partial charge on any atom is 0.573 e. The number of amides is 2. The molecule has 3 aromatic rings. The maximum atomic E-state index is 12.9. The van der Waals surface area contributed by atoms with Gasteiger partial charge in [-0.3, -0.25) is 14.3 Å². The Hall–Kier alpha value is -3.82. The number of anilines is 1. The topological polar surface area (TPSA) is 76.5 Å². The molecule has 1 N–H and O–H groups in total. The molecule has 0 unspecified atom stereocenters. The summed E-state index contributed by atoms with van der Waals surface area (Å²) in [4.78, 5) is 27.2. The first-order valence-corrected chi connectivity index (χ1v) is 12.3. The molecule has 2 aliphatic rings. The van der Waals surface area contributed by atoms with E-state index in [1.54, 1.807) is 12.4 Å². The Morgan fingerprint density at radius 1 is 0.973 bits per heavy atom. The van der Waals surface area contributed by atoms with Gasteiger partial charge >= 0.3 is 6.36 Å². The molecule has 0 bridgehead atoms. The van der Waals surface area contributed by atoms with Crippen LogP contribution in [0.15, 0.2) is 60.9 Å². The van der Waals surface area contributed by atoms with Crippen molar-refractivity contribution in [2.45, 2.75) is 50.4 Å². The number of alkyl halides is 3. The van der Waals surface area contributed by atoms with Gasteiger partial charge in [-0.15, -0.1) is 13.2 Å². The lowest BCUT2D eigenvalue weighted by atomic mass is 10.0. The first-order valence-electron chi connectivity index (χ1n) is 12.3. The van der Waals surface area contributed by atoms with Crippen LogP contribution >= 0.6 is 0 Å². The number of hydrogen-bond donors (Lipinski definition) is 1. The van der Waals surface area contributed by atoms with E-state index in [1.165, 1.54) is 42.7 Å². The molecule has 2 amide bonds. The van der Waals surface area contributed by atoms with Crippen molar-refractivity contribution < 1.29 is 27.5 Å². The van der Waals surface area contributed by atoms with Gasteiger partial charge in [0.2, 0.25) is 5.91 Å². The molecule has 1 saturated heterocycles. The monoisotopic (exact) mass is 512 g/mol. The molecular formula is C27H27F3N4O3. The fraction of sp³-hybridized carbons (Fsp3) is 0.370. The highest BCUT2D eigenvalue weighted by Gasteiger charge is 2.31. The summed E-state index contributed by atoms with van der Waals surface area (Å²) in [5.41, 5.74) is 3.12. The van der Waals surface area contributed by atoms with Crippen LogP contribution in [-0.4, -0.2) is 45.9 Å². The molecule has 0 atom stereocenters. The summed E-state index contributed by atoms with van der Waals surface area (Å²) >= 11 is 0. The molecule has 1 aliphatic carbocycles. The molecule has 37 heavy (non-hydrogen) atoms. The van der Waals surface area contributed by atoms with Crippen molar-refractivity contribution in [1.82, 2.24) is 14.7 Å². The Morgan fingerprint density at radius 3 is 2.27 bits per heavy atom. The minimum absolute atomic E-state index is 0.000383. The number of nitrogens with one attached hydrogen (secondary N) is 1. The van der Waals surface area contributed by atoms with Crippen molar-refractivity contribution in [2.24, 2.45) is 0 Å². The van der Waals surface area contributed by atoms with E-state index in [1.807, 2.05) is 21.7 Å². The van der Waals surface area contributed by atoms with Crippen LogP contribution in [0, 0.1) is 0 Å². The number of carbonyl (C=O) groups excluding carboxylic acids is 2. The molecule has 5 rings (SSSR count). The number of aromatic nitrogens is 2. The number of carbonyl (C=O) groups is 2. The zero-order valence-corrected chi connectivity index (χ0v) is 20.1. The number of hydrogen-bond acceptors (Lipinski definition) is 4. The van der Waals surface area contributed by atoms with Crippen LogP contribution in [0.3, 0.4) is 0 Å². The highest BCUT2D eigenvalue weighted by atomic mass is 19.4. The Morgan fingerprint density at radius 2 is 1.65 bits per heavy atom. The molecule has 2 fully saturated rings. The fourth-order valence-corrected chi connectivity index (χ4v) is 4.63. The Bertz CT molecular complexity index is 1240. The van der Waals surface area contributed by atoms with E-state index in [-0.39, 0.29) is 30.0 Å². The van der Waals surface area contributed by atoms with Crippen LogP contribution in [-0.2, 0) is 11.2 Å². The molecule has 1 aromatic heterocycles. The average Bonchev–Trinajstić information content (AvgIpc) is 3.63. The van der Waals surface area contributed by atoms with E-state index < -0.39 is 6.36 Å². The van der Waals surface area contributed by atoms with Gasteiger partial charge in [0, 0.05) is 24.8 Å². The lowest BCUT2D eigenvalue weighted by Crippen LogP contribution is -2.39. The summed E-state index contributed by atoms with van der Waals surface area (Å²) < 4.78 is 42.5. The van der Waals surface area contributed by atoms with Crippen LogP contribution in [0.4, 0.5) is 18.9 Å². The lowest BCUT2D eigenvalue weighted by molar-refractivity contribution is -0.274. The second kappa shape index (κ2) is 10.3. The molecule has 2 aromatic carbocycles. The van der Waals surface area contributed by atoms with E-state index in [9.17, 15) is 22.8 Å². The third kappa shape index (κ3) is 6.49. The average molecular weight is 513 g/mol. The first kappa shape index (κ1) is 24.9. The van der Waals surface area contributed by atoms with Gasteiger partial charge in [-0.2, -0.15) is 5.10 Å². The molecule has 1 aliphatic heterocycles. The molecule has 194 valence electrons. The molecule has 0 radical (unpaired) electrons. The zero-order chi connectivity index (χ0) is 26.0. The van der Waals surface area contributed by atoms with Gasteiger partial charge in [-0.1, -0.05) is 24.3 Å². The van der Waals surface area contributed by atoms with Crippen LogP contribution in [0.25, 0.3) is 0 Å². The van der Waals surface area contributed by atoms with Gasteiger partial charge in [-0.25, -0.2) is 0 Å². The van der Waals surface area contributed by atoms with E-state index in [4.69, 9.17) is 0 Å². The highest BCUT2D eigenvalue weighted by Crippen LogP contribution is 2.40. The van der Waals surface area contributed by atoms with Crippen LogP contribution < -0.4 is 10.1 Å². The summed E-state index contributed by atoms with van der Waals surface area (Å²) in [6.45, 7) is 1.26. The van der Waals surface area contributed by atoms with Gasteiger partial charge < -0.3 is 15.0 Å². The second-order valence-electron chi connectivity index (χ2n) is 9.55. The summed E-state index contributed by atoms with van der Waals surface area (Å²) in [5.74, 6) is 0.0680. The Balaban J connectivity index is 1.09. The molecule has 7 nitrogen and oxygen atoms in total. The smallest absolute Gasteiger partial charge is 0.406 e. The van der Waals surface area contributed by atoms with Crippen LogP contribution in [0.1, 0.15) is 59.1 Å². The normalized spacial score (nSPS) is 16.5. The largest absolute Gasteiger partial charge is 0.573 e. The lowest BCUT2D eigenvalue weighted by Gasteiger charge is -2.32. The van der Waals surface area contributed by atoms with Crippen molar-refractivity contribution >= 4 is 17.5 Å². The minimum atomic E-state index is -4.76. The molecule has 1 saturated carbocycles. The van der Waals surface area contributed by atoms with Crippen molar-refractivity contribution in [3.63, 3.8) is 0 Å². The standard InChI is InChI=1S/C27H27F3N4O3/c28-27(29,30)37-24-9-1-18(2-10-24)15-25(35)32-22-16-31-34(17-22)23-11-13-33(14-12-23)26(36)21-7-5-20(6-8-21)19-3-4-19/h1-2,5-10,16-17,19,23H,3-4,11-15H2,(H,32,35). The van der Waals surface area contributed by atoms with E-state index >= 15 is 0 Å². The number of piperidine rings is 1. The van der Waals surface area contributed by atoms with Crippen molar-refractivity contribution in [1.29, 1.82) is 0 Å². The SMILES string of the molecule is O=C(Cc1ccc(OC(F)(F)F)cc1)Nc1cnn(C2CCN(C(=O)c3ccc(C4CC4)cc3)CC2)c1. The molecular weight excluding hydrogens is 485 g/mol. The molecule has 10 heteroatoms. The van der Waals surface area contributed by atoms with Gasteiger partial charge in [0.15, 0.2) is 0 Å². The van der Waals surface area contributed by atoms with Crippen molar-refractivity contribution in [3.05, 3.63) is 77.6 Å². The minimum Gasteiger partial charge on any atom is -0.406 e. The Kier molecular flexibility index (Phi) is 6.90. The zero-order valence-electron chi connectivity index (χ0n) is 20.1. The van der Waals surface area contributed by atoms with Crippen LogP contribution in [0.5, 0.6) is 5.75 Å². The van der Waals surface area contributed by atoms with E-state index in [0.29, 0.717) is 30.3 Å². The number of halogens is 3. The fourth-order valence-electron chi connectivity index (χ4n) is 4.63. The van der Waals surface area contributed by atoms with E-state index in [2.05, 4.69) is 27.3 Å². The van der Waals surface area contributed by atoms with Crippen molar-refractivity contribution in [3.8, 4) is 5.75 Å². The number of likely N-dealkylation sites (tertiary alicyclic amines) is 1. The van der Waals surface area contributed by atoms with Gasteiger partial charge in [-0.05, 0) is 67.0 Å². The van der Waals surface area contributed by atoms with Crippen molar-refractivity contribution in [2.75, 3.05) is 18.4 Å². The number of ether oxygens (including phenoxy) is 1. The maximum absolute atomic E-state index is 12.9. The summed E-state index contributed by atoms with van der Waals surface area (Å²) in [5, 5.41) is 7.15. The van der Waals surface area contributed by atoms with Gasteiger partial charge in [0.1, 0.15) is 5.75 Å². The predicted molar refractivity (Wildman–Crippen MR) is 130 cm³/mol. The highest BCUT2D eigenvalue weighted by molar-refractivity contribution is 5.94. The molecule has 2 heterocycles. The number of benzene rings is 2. The number of nitrogens with zero attached hydrogens (tertiary/aromatic N) is 3. The summed E-state index contributed by atoms with van der Waals surface area (Å²) in [6, 6.07) is 13.3.